The number of carbonyl (C=O) groups is 2. The van der Waals surface area contributed by atoms with E-state index < -0.39 is 18.2 Å². The molecule has 65 heavy (non-hydrogen) atoms. The molecule has 3 N–H and O–H groups in total. The maximum Gasteiger partial charge on any atom is 0.306 e. The summed E-state index contributed by atoms with van der Waals surface area (Å²) < 4.78 is 5.90. The fraction of sp³-hybridized carbons (Fsp3) is 0.729. The van der Waals surface area contributed by atoms with Crippen LogP contribution in [-0.2, 0) is 14.3 Å². The fourth-order valence-electron chi connectivity index (χ4n) is 7.78. The molecule has 0 aromatic rings. The molecule has 0 fully saturated rings. The van der Waals surface area contributed by atoms with Gasteiger partial charge in [0.05, 0.1) is 25.2 Å². The van der Waals surface area contributed by atoms with Crippen LogP contribution >= 0.6 is 0 Å². The Hall–Kier alpha value is -2.96. The van der Waals surface area contributed by atoms with Crippen LogP contribution in [0.2, 0.25) is 0 Å². The zero-order chi connectivity index (χ0) is 47.4. The molecule has 0 aromatic heterocycles. The molecule has 0 spiro atoms. The number of unbranched alkanes of at least 4 members (excludes halogenated alkanes) is 22. The third-order valence-electron chi connectivity index (χ3n) is 11.9. The van der Waals surface area contributed by atoms with Crippen molar-refractivity contribution >= 4 is 11.9 Å². The summed E-state index contributed by atoms with van der Waals surface area (Å²) in [5, 5.41) is 23.8. The van der Waals surface area contributed by atoms with Crippen molar-refractivity contribution in [1.82, 2.24) is 5.32 Å². The first kappa shape index (κ1) is 62.0. The first-order valence-corrected chi connectivity index (χ1v) is 27.3. The van der Waals surface area contributed by atoms with Crippen LogP contribution < -0.4 is 5.32 Å². The number of allylic oxidation sites excluding steroid dienone is 14. The Morgan fingerprint density at radius 1 is 0.446 bits per heavy atom. The Balaban J connectivity index is 4.74. The largest absolute Gasteiger partial charge is 0.462 e. The van der Waals surface area contributed by atoms with Crippen LogP contribution in [0.25, 0.3) is 0 Å². The van der Waals surface area contributed by atoms with E-state index in [1.54, 1.807) is 0 Å². The molecule has 0 saturated heterocycles. The number of rotatable bonds is 48. The van der Waals surface area contributed by atoms with Crippen LogP contribution in [0.1, 0.15) is 252 Å². The normalized spacial score (nSPS) is 13.9. The Morgan fingerprint density at radius 3 is 1.20 bits per heavy atom. The van der Waals surface area contributed by atoms with Crippen LogP contribution in [0.4, 0.5) is 0 Å². The molecule has 6 nitrogen and oxygen atoms in total. The second-order valence-corrected chi connectivity index (χ2v) is 18.3. The van der Waals surface area contributed by atoms with Gasteiger partial charge in [-0.3, -0.25) is 9.59 Å². The van der Waals surface area contributed by atoms with E-state index in [0.29, 0.717) is 25.7 Å². The van der Waals surface area contributed by atoms with Crippen molar-refractivity contribution in [2.24, 2.45) is 0 Å². The molecule has 3 unspecified atom stereocenters. The number of aliphatic hydroxyl groups is 2. The van der Waals surface area contributed by atoms with Gasteiger partial charge in [-0.15, -0.1) is 0 Å². The topological polar surface area (TPSA) is 95.9 Å². The van der Waals surface area contributed by atoms with E-state index in [1.165, 1.54) is 122 Å². The average Bonchev–Trinajstić information content (AvgIpc) is 3.30. The lowest BCUT2D eigenvalue weighted by atomic mass is 10.0. The molecule has 0 bridgehead atoms. The monoisotopic (exact) mass is 906 g/mol. The Kier molecular flexibility index (Phi) is 49.6. The van der Waals surface area contributed by atoms with E-state index in [2.05, 4.69) is 111 Å². The number of ether oxygens (including phenoxy) is 1. The molecule has 1 amide bonds. The number of aliphatic hydroxyl groups excluding tert-OH is 2. The van der Waals surface area contributed by atoms with E-state index in [1.807, 2.05) is 0 Å². The van der Waals surface area contributed by atoms with Crippen molar-refractivity contribution in [3.05, 3.63) is 85.1 Å². The zero-order valence-electron chi connectivity index (χ0n) is 42.6. The standard InChI is InChI=1S/C59H103NO5/c1-4-7-10-13-16-19-22-25-28-29-31-34-37-40-43-46-49-52-59(64)65-55(50-47-44-41-38-35-32-30-26-23-20-17-14-11-8-5-2)53-58(63)60-56(54-61)57(62)51-48-45-42-39-36-33-27-24-21-18-15-12-9-6-3/h16-17,19-20,25-26,28,30-31,34-35,38,40,43,55-57,61-62H,4-15,18,21-24,27,29,32-33,36-37,39,41-42,44-54H2,1-3H3,(H,60,63)/b19-16-,20-17-,28-25-,30-26-,34-31-,38-35-,43-40-. The molecule has 0 aromatic carbocycles. The predicted molar refractivity (Wildman–Crippen MR) is 282 cm³/mol. The second kappa shape index (κ2) is 52.0. The molecule has 0 aliphatic carbocycles. The van der Waals surface area contributed by atoms with Crippen LogP contribution in [0.3, 0.4) is 0 Å². The number of hydrogen-bond acceptors (Lipinski definition) is 5. The van der Waals surface area contributed by atoms with Gasteiger partial charge in [-0.1, -0.05) is 221 Å². The summed E-state index contributed by atoms with van der Waals surface area (Å²) in [5.74, 6) is -0.580. The van der Waals surface area contributed by atoms with E-state index in [0.717, 1.165) is 77.0 Å². The van der Waals surface area contributed by atoms with Gasteiger partial charge in [0.1, 0.15) is 6.10 Å². The molecule has 0 heterocycles. The molecular formula is C59H103NO5. The summed E-state index contributed by atoms with van der Waals surface area (Å²) in [6.45, 7) is 6.41. The number of amides is 1. The van der Waals surface area contributed by atoms with Crippen LogP contribution in [0.5, 0.6) is 0 Å². The molecule has 0 saturated carbocycles. The summed E-state index contributed by atoms with van der Waals surface area (Å²) in [5.41, 5.74) is 0. The van der Waals surface area contributed by atoms with Gasteiger partial charge in [0, 0.05) is 6.42 Å². The summed E-state index contributed by atoms with van der Waals surface area (Å²) in [6.07, 6.45) is 67.9. The van der Waals surface area contributed by atoms with Gasteiger partial charge in [-0.2, -0.15) is 0 Å². The lowest BCUT2D eigenvalue weighted by molar-refractivity contribution is -0.151. The third kappa shape index (κ3) is 47.3. The summed E-state index contributed by atoms with van der Waals surface area (Å²) >= 11 is 0. The van der Waals surface area contributed by atoms with E-state index in [9.17, 15) is 19.8 Å². The number of hydrogen-bond donors (Lipinski definition) is 3. The summed E-state index contributed by atoms with van der Waals surface area (Å²) in [6, 6.07) is -0.729. The Morgan fingerprint density at radius 2 is 0.785 bits per heavy atom. The molecule has 0 aliphatic heterocycles. The number of carbonyl (C=O) groups excluding carboxylic acids is 2. The highest BCUT2D eigenvalue weighted by Crippen LogP contribution is 2.17. The highest BCUT2D eigenvalue weighted by atomic mass is 16.5. The van der Waals surface area contributed by atoms with Gasteiger partial charge in [0.2, 0.25) is 5.91 Å². The fourth-order valence-corrected chi connectivity index (χ4v) is 7.78. The van der Waals surface area contributed by atoms with Crippen molar-refractivity contribution in [2.75, 3.05) is 6.61 Å². The molecule has 6 heteroatoms. The van der Waals surface area contributed by atoms with Crippen molar-refractivity contribution in [1.29, 1.82) is 0 Å². The predicted octanol–water partition coefficient (Wildman–Crippen LogP) is 16.7. The lowest BCUT2D eigenvalue weighted by Gasteiger charge is -2.24. The number of esters is 1. The molecule has 374 valence electrons. The second-order valence-electron chi connectivity index (χ2n) is 18.3. The highest BCUT2D eigenvalue weighted by Gasteiger charge is 2.24. The molecular weight excluding hydrogens is 803 g/mol. The van der Waals surface area contributed by atoms with Crippen molar-refractivity contribution in [2.45, 2.75) is 270 Å². The Labute approximate surface area is 402 Å². The minimum absolute atomic E-state index is 0.0265. The van der Waals surface area contributed by atoms with Crippen molar-refractivity contribution < 1.29 is 24.5 Å². The number of nitrogens with one attached hydrogen (secondary N) is 1. The van der Waals surface area contributed by atoms with Gasteiger partial charge >= 0.3 is 5.97 Å². The SMILES string of the molecule is CCCCC/C=C\C/C=C\C/C=C\C/C=C\CCCC(=O)OC(CCCC/C=C\C/C=C\C/C=C\CCCCC)CC(=O)NC(CO)C(O)CCCCCCCCCCCCCCCC. The van der Waals surface area contributed by atoms with Crippen molar-refractivity contribution in [3.63, 3.8) is 0 Å². The lowest BCUT2D eigenvalue weighted by Crippen LogP contribution is -2.46. The van der Waals surface area contributed by atoms with Gasteiger partial charge in [0.15, 0.2) is 0 Å². The van der Waals surface area contributed by atoms with Crippen molar-refractivity contribution in [3.8, 4) is 0 Å². The molecule has 3 atom stereocenters. The van der Waals surface area contributed by atoms with Crippen LogP contribution in [0.15, 0.2) is 85.1 Å². The molecule has 0 radical (unpaired) electrons. The van der Waals surface area contributed by atoms with Gasteiger partial charge < -0.3 is 20.3 Å². The smallest absolute Gasteiger partial charge is 0.306 e. The van der Waals surface area contributed by atoms with Crippen LogP contribution in [-0.4, -0.2) is 46.9 Å². The minimum atomic E-state index is -0.811. The highest BCUT2D eigenvalue weighted by molar-refractivity contribution is 5.77. The van der Waals surface area contributed by atoms with Gasteiger partial charge in [-0.25, -0.2) is 0 Å². The maximum absolute atomic E-state index is 13.2. The summed E-state index contributed by atoms with van der Waals surface area (Å²) in [4.78, 5) is 26.2. The summed E-state index contributed by atoms with van der Waals surface area (Å²) in [7, 11) is 0. The quantitative estimate of drug-likeness (QED) is 0.0321. The minimum Gasteiger partial charge on any atom is -0.462 e. The first-order valence-electron chi connectivity index (χ1n) is 27.3. The van der Waals surface area contributed by atoms with E-state index >= 15 is 0 Å². The van der Waals surface area contributed by atoms with Gasteiger partial charge in [-0.05, 0) is 103 Å². The van der Waals surface area contributed by atoms with E-state index in [4.69, 9.17) is 4.74 Å². The van der Waals surface area contributed by atoms with E-state index in [-0.39, 0.29) is 24.9 Å². The van der Waals surface area contributed by atoms with Gasteiger partial charge in [0.25, 0.3) is 0 Å². The van der Waals surface area contributed by atoms with Crippen LogP contribution in [0, 0.1) is 0 Å². The molecule has 0 aliphatic rings. The third-order valence-corrected chi connectivity index (χ3v) is 11.9. The maximum atomic E-state index is 13.2. The first-order chi connectivity index (χ1) is 32.0. The Bertz CT molecular complexity index is 1250. The zero-order valence-corrected chi connectivity index (χ0v) is 42.6. The average molecular weight is 906 g/mol. The molecule has 0 rings (SSSR count).